The van der Waals surface area contributed by atoms with Crippen molar-refractivity contribution in [2.75, 3.05) is 13.1 Å². The molecule has 2 aromatic carbocycles. The maximum absolute atomic E-state index is 14.0. The SMILES string of the molecule is N[C@@H]1CCN(C(=O)C(Sc2cc(F)ccc2F)c2ccccc2)C1. The summed E-state index contributed by atoms with van der Waals surface area (Å²) in [6.07, 6.45) is 0.756. The highest BCUT2D eigenvalue weighted by atomic mass is 32.2. The van der Waals surface area contributed by atoms with Crippen LogP contribution in [0.15, 0.2) is 53.4 Å². The molecule has 0 aromatic heterocycles. The first-order valence-corrected chi connectivity index (χ1v) is 8.63. The van der Waals surface area contributed by atoms with E-state index >= 15 is 0 Å². The van der Waals surface area contributed by atoms with Crippen molar-refractivity contribution in [3.63, 3.8) is 0 Å². The number of rotatable bonds is 4. The maximum Gasteiger partial charge on any atom is 0.240 e. The monoisotopic (exact) mass is 348 g/mol. The highest BCUT2D eigenvalue weighted by molar-refractivity contribution is 8.00. The lowest BCUT2D eigenvalue weighted by molar-refractivity contribution is -0.129. The smallest absolute Gasteiger partial charge is 0.240 e. The van der Waals surface area contributed by atoms with Gasteiger partial charge in [0.05, 0.1) is 0 Å². The van der Waals surface area contributed by atoms with Gasteiger partial charge in [0.1, 0.15) is 16.9 Å². The average molecular weight is 348 g/mol. The van der Waals surface area contributed by atoms with Crippen molar-refractivity contribution >= 4 is 17.7 Å². The van der Waals surface area contributed by atoms with Gasteiger partial charge in [-0.15, -0.1) is 11.8 Å². The summed E-state index contributed by atoms with van der Waals surface area (Å²) in [6, 6.07) is 12.4. The number of carbonyl (C=O) groups excluding carboxylic acids is 1. The Morgan fingerprint density at radius 2 is 1.96 bits per heavy atom. The molecule has 1 unspecified atom stereocenters. The van der Waals surface area contributed by atoms with E-state index in [1.54, 1.807) is 4.90 Å². The lowest BCUT2D eigenvalue weighted by Gasteiger charge is -2.23. The molecule has 24 heavy (non-hydrogen) atoms. The first kappa shape index (κ1) is 16.9. The van der Waals surface area contributed by atoms with Crippen LogP contribution in [0.25, 0.3) is 0 Å². The molecule has 6 heteroatoms. The van der Waals surface area contributed by atoms with Crippen LogP contribution in [0.3, 0.4) is 0 Å². The van der Waals surface area contributed by atoms with Crippen LogP contribution in [0.5, 0.6) is 0 Å². The van der Waals surface area contributed by atoms with Gasteiger partial charge in [0.25, 0.3) is 0 Å². The summed E-state index contributed by atoms with van der Waals surface area (Å²) in [4.78, 5) is 14.8. The van der Waals surface area contributed by atoms with Crippen molar-refractivity contribution in [2.24, 2.45) is 5.73 Å². The van der Waals surface area contributed by atoms with Gasteiger partial charge in [-0.05, 0) is 30.2 Å². The molecule has 1 aliphatic heterocycles. The van der Waals surface area contributed by atoms with E-state index in [2.05, 4.69) is 0 Å². The normalized spacial score (nSPS) is 18.6. The van der Waals surface area contributed by atoms with Gasteiger partial charge in [-0.2, -0.15) is 0 Å². The zero-order valence-electron chi connectivity index (χ0n) is 13.0. The molecule has 1 amide bonds. The lowest BCUT2D eigenvalue weighted by Crippen LogP contribution is -2.34. The van der Waals surface area contributed by atoms with Gasteiger partial charge in [0.15, 0.2) is 0 Å². The van der Waals surface area contributed by atoms with E-state index in [1.165, 1.54) is 0 Å². The molecule has 2 N–H and O–H groups in total. The summed E-state index contributed by atoms with van der Waals surface area (Å²) >= 11 is 1.03. The zero-order chi connectivity index (χ0) is 17.1. The largest absolute Gasteiger partial charge is 0.340 e. The van der Waals surface area contributed by atoms with Gasteiger partial charge in [0, 0.05) is 24.0 Å². The van der Waals surface area contributed by atoms with Crippen molar-refractivity contribution in [3.8, 4) is 0 Å². The summed E-state index contributed by atoms with van der Waals surface area (Å²) in [5.74, 6) is -1.18. The molecule has 3 nitrogen and oxygen atoms in total. The van der Waals surface area contributed by atoms with Gasteiger partial charge in [0.2, 0.25) is 5.91 Å². The molecular formula is C18H18F2N2OS. The minimum atomic E-state index is -0.632. The molecule has 0 spiro atoms. The van der Waals surface area contributed by atoms with Crippen LogP contribution in [0.2, 0.25) is 0 Å². The van der Waals surface area contributed by atoms with Crippen LogP contribution in [0.4, 0.5) is 8.78 Å². The van der Waals surface area contributed by atoms with Crippen LogP contribution >= 0.6 is 11.8 Å². The van der Waals surface area contributed by atoms with Crippen LogP contribution < -0.4 is 5.73 Å². The van der Waals surface area contributed by atoms with Gasteiger partial charge >= 0.3 is 0 Å². The Labute approximate surface area is 143 Å². The third kappa shape index (κ3) is 3.76. The zero-order valence-corrected chi connectivity index (χ0v) is 13.8. The number of hydrogen-bond donors (Lipinski definition) is 1. The van der Waals surface area contributed by atoms with Gasteiger partial charge < -0.3 is 10.6 Å². The fourth-order valence-corrected chi connectivity index (χ4v) is 3.89. The number of amides is 1. The predicted octanol–water partition coefficient (Wildman–Crippen LogP) is 3.36. The molecule has 3 rings (SSSR count). The standard InChI is InChI=1S/C18H18F2N2OS/c19-13-6-7-15(20)16(10-13)24-17(12-4-2-1-3-5-12)18(23)22-9-8-14(21)11-22/h1-7,10,14,17H,8-9,11,21H2/t14-,17?/m1/s1. The Morgan fingerprint density at radius 3 is 2.62 bits per heavy atom. The van der Waals surface area contributed by atoms with Crippen LogP contribution in [-0.4, -0.2) is 29.9 Å². The highest BCUT2D eigenvalue weighted by Crippen LogP contribution is 2.38. The topological polar surface area (TPSA) is 46.3 Å². The number of halogens is 2. The van der Waals surface area contributed by atoms with Crippen molar-refractivity contribution in [1.82, 2.24) is 4.90 Å². The molecule has 0 aliphatic carbocycles. The van der Waals surface area contributed by atoms with E-state index in [0.717, 1.165) is 41.9 Å². The summed E-state index contributed by atoms with van der Waals surface area (Å²) in [5.41, 5.74) is 6.65. The molecule has 1 heterocycles. The molecule has 0 bridgehead atoms. The molecule has 2 atom stereocenters. The minimum absolute atomic E-state index is 0.0266. The molecule has 126 valence electrons. The predicted molar refractivity (Wildman–Crippen MR) is 90.6 cm³/mol. The summed E-state index contributed by atoms with van der Waals surface area (Å²) in [6.45, 7) is 1.09. The summed E-state index contributed by atoms with van der Waals surface area (Å²) < 4.78 is 27.5. The van der Waals surface area contributed by atoms with Gasteiger partial charge in [-0.25, -0.2) is 8.78 Å². The minimum Gasteiger partial charge on any atom is -0.340 e. The highest BCUT2D eigenvalue weighted by Gasteiger charge is 2.31. The van der Waals surface area contributed by atoms with Crippen molar-refractivity contribution in [2.45, 2.75) is 22.6 Å². The van der Waals surface area contributed by atoms with Gasteiger partial charge in [-0.1, -0.05) is 30.3 Å². The van der Waals surface area contributed by atoms with Crippen molar-refractivity contribution in [1.29, 1.82) is 0 Å². The second-order valence-corrected chi connectivity index (χ2v) is 6.96. The number of hydrogen-bond acceptors (Lipinski definition) is 3. The van der Waals surface area contributed by atoms with Crippen LogP contribution in [0.1, 0.15) is 17.2 Å². The number of nitrogens with zero attached hydrogens (tertiary/aromatic N) is 1. The second kappa shape index (κ2) is 7.32. The fraction of sp³-hybridized carbons (Fsp3) is 0.278. The second-order valence-electron chi connectivity index (χ2n) is 5.82. The fourth-order valence-electron chi connectivity index (χ4n) is 2.74. The number of thioether (sulfide) groups is 1. The Kier molecular flexibility index (Phi) is 5.16. The van der Waals surface area contributed by atoms with Gasteiger partial charge in [-0.3, -0.25) is 4.79 Å². The number of likely N-dealkylation sites (tertiary alicyclic amines) is 1. The Bertz CT molecular complexity index is 726. The molecule has 0 saturated carbocycles. The van der Waals surface area contributed by atoms with E-state index < -0.39 is 16.9 Å². The lowest BCUT2D eigenvalue weighted by atomic mass is 10.1. The summed E-state index contributed by atoms with van der Waals surface area (Å²) in [5, 5.41) is -0.632. The summed E-state index contributed by atoms with van der Waals surface area (Å²) in [7, 11) is 0. The third-order valence-electron chi connectivity index (χ3n) is 4.00. The Hall–Kier alpha value is -1.92. The number of benzene rings is 2. The first-order chi connectivity index (χ1) is 11.5. The first-order valence-electron chi connectivity index (χ1n) is 7.75. The van der Waals surface area contributed by atoms with E-state index in [1.807, 2.05) is 30.3 Å². The average Bonchev–Trinajstić information content (AvgIpc) is 3.02. The van der Waals surface area contributed by atoms with Crippen molar-refractivity contribution < 1.29 is 13.6 Å². The number of carbonyl (C=O) groups is 1. The van der Waals surface area contributed by atoms with Crippen LogP contribution in [0, 0.1) is 11.6 Å². The van der Waals surface area contributed by atoms with E-state index in [4.69, 9.17) is 5.73 Å². The number of nitrogens with two attached hydrogens (primary N) is 1. The molecule has 0 radical (unpaired) electrons. The van der Waals surface area contributed by atoms with E-state index in [9.17, 15) is 13.6 Å². The molecule has 1 aliphatic rings. The Morgan fingerprint density at radius 1 is 1.21 bits per heavy atom. The molecule has 1 saturated heterocycles. The maximum atomic E-state index is 14.0. The van der Waals surface area contributed by atoms with E-state index in [0.29, 0.717) is 13.1 Å². The Balaban J connectivity index is 1.90. The quantitative estimate of drug-likeness (QED) is 0.862. The molecule has 2 aromatic rings. The van der Waals surface area contributed by atoms with E-state index in [-0.39, 0.29) is 16.8 Å². The van der Waals surface area contributed by atoms with Crippen molar-refractivity contribution in [3.05, 3.63) is 65.7 Å². The molecule has 1 fully saturated rings. The molecular weight excluding hydrogens is 330 g/mol. The third-order valence-corrected chi connectivity index (χ3v) is 5.28. The van der Waals surface area contributed by atoms with Crippen LogP contribution in [-0.2, 0) is 4.79 Å².